The zero-order chi connectivity index (χ0) is 25.0. The van der Waals surface area contributed by atoms with Gasteiger partial charge in [-0.25, -0.2) is 4.73 Å². The second-order valence-electron chi connectivity index (χ2n) is 7.47. The molecule has 0 aliphatic heterocycles. The summed E-state index contributed by atoms with van der Waals surface area (Å²) in [6, 6.07) is 13.6. The van der Waals surface area contributed by atoms with Gasteiger partial charge in [-0.1, -0.05) is 28.7 Å². The number of fused-ring (bicyclic) bond motifs is 1. The molecule has 0 saturated carbocycles. The summed E-state index contributed by atoms with van der Waals surface area (Å²) < 4.78 is 20.6. The van der Waals surface area contributed by atoms with Crippen molar-refractivity contribution >= 4 is 52.5 Å². The van der Waals surface area contributed by atoms with Crippen LogP contribution in [0.1, 0.15) is 21.6 Å². The molecule has 2 aromatic carbocycles. The molecule has 0 fully saturated rings. The number of nitrogens with zero attached hydrogens (tertiary/aromatic N) is 3. The summed E-state index contributed by atoms with van der Waals surface area (Å²) in [7, 11) is -2.50. The summed E-state index contributed by atoms with van der Waals surface area (Å²) in [5, 5.41) is 24.4. The van der Waals surface area contributed by atoms with Crippen molar-refractivity contribution < 1.29 is 18.6 Å². The predicted octanol–water partition coefficient (Wildman–Crippen LogP) is 3.19. The highest BCUT2D eigenvalue weighted by Crippen LogP contribution is 2.47. The van der Waals surface area contributed by atoms with Crippen molar-refractivity contribution in [1.82, 2.24) is 15.3 Å². The number of amides is 1. The molecule has 1 atom stereocenters. The van der Waals surface area contributed by atoms with Crippen molar-refractivity contribution in [2.45, 2.75) is 6.54 Å². The third-order valence-electron chi connectivity index (χ3n) is 5.24. The zero-order valence-electron chi connectivity index (χ0n) is 18.4. The largest absolute Gasteiger partial charge is 0.711 e. The Kier molecular flexibility index (Phi) is 6.99. The summed E-state index contributed by atoms with van der Waals surface area (Å²) in [6.07, 6.45) is 6.74. The average molecular weight is 508 g/mol. The van der Waals surface area contributed by atoms with E-state index in [1.165, 1.54) is 25.6 Å². The van der Waals surface area contributed by atoms with Gasteiger partial charge >= 0.3 is 0 Å². The molecule has 1 amide bonds. The molecule has 2 heterocycles. The molecular weight excluding hydrogens is 489 g/mol. The highest BCUT2D eigenvalue weighted by Gasteiger charge is 2.36. The molecular formula is C24H19ClN5O4P. The fourth-order valence-electron chi connectivity index (χ4n) is 3.68. The van der Waals surface area contributed by atoms with Crippen LogP contribution in [0, 0.1) is 16.5 Å². The minimum atomic E-state index is -3.81. The Hall–Kier alpha value is -3.96. The van der Waals surface area contributed by atoms with E-state index in [0.29, 0.717) is 37.1 Å². The van der Waals surface area contributed by atoms with Crippen molar-refractivity contribution in [3.63, 3.8) is 0 Å². The molecule has 1 unspecified atom stereocenters. The number of benzene rings is 2. The van der Waals surface area contributed by atoms with Gasteiger partial charge in [-0.3, -0.25) is 9.36 Å². The first-order valence-electron chi connectivity index (χ1n) is 10.3. The molecule has 4 aromatic rings. The Morgan fingerprint density at radius 2 is 2.20 bits per heavy atom. The second-order valence-corrected chi connectivity index (χ2v) is 10.3. The van der Waals surface area contributed by atoms with Crippen molar-refractivity contribution in [2.75, 3.05) is 7.11 Å². The number of rotatable bonds is 7. The van der Waals surface area contributed by atoms with Crippen LogP contribution in [-0.4, -0.2) is 23.0 Å². The SMILES string of the molecule is COP(=O)(c1cccc(C=CC#N)c1)c1c(C(=O)NCc2cnc[n+]([O-])c2)[nH]c2ccc(Cl)cc12. The van der Waals surface area contributed by atoms with Crippen LogP contribution in [0.25, 0.3) is 17.0 Å². The van der Waals surface area contributed by atoms with Gasteiger partial charge in [0.25, 0.3) is 19.6 Å². The van der Waals surface area contributed by atoms with E-state index in [-0.39, 0.29) is 17.5 Å². The number of nitrogens with one attached hydrogen (secondary N) is 2. The van der Waals surface area contributed by atoms with Crippen LogP contribution < -0.4 is 20.7 Å². The van der Waals surface area contributed by atoms with E-state index in [0.717, 1.165) is 6.33 Å². The quantitative estimate of drug-likeness (QED) is 0.171. The van der Waals surface area contributed by atoms with Crippen LogP contribution >= 0.6 is 19.0 Å². The lowest BCUT2D eigenvalue weighted by atomic mass is 10.2. The average Bonchev–Trinajstić information content (AvgIpc) is 3.25. The normalized spacial score (nSPS) is 12.9. The Morgan fingerprint density at radius 1 is 1.37 bits per heavy atom. The number of carbonyl (C=O) groups is 1. The number of halogens is 1. The van der Waals surface area contributed by atoms with Crippen LogP contribution in [0.2, 0.25) is 5.02 Å². The van der Waals surface area contributed by atoms with Crippen LogP contribution in [-0.2, 0) is 15.6 Å². The number of H-pyrrole nitrogens is 1. The van der Waals surface area contributed by atoms with Gasteiger partial charge in [0, 0.05) is 34.4 Å². The molecule has 176 valence electrons. The minimum absolute atomic E-state index is 0.0240. The van der Waals surface area contributed by atoms with Crippen molar-refractivity contribution in [3.8, 4) is 6.07 Å². The van der Waals surface area contributed by atoms with Gasteiger partial charge in [0.1, 0.15) is 18.1 Å². The molecule has 9 nitrogen and oxygen atoms in total. The van der Waals surface area contributed by atoms with Crippen molar-refractivity contribution in [1.29, 1.82) is 5.26 Å². The second kappa shape index (κ2) is 10.1. The molecule has 0 radical (unpaired) electrons. The van der Waals surface area contributed by atoms with Gasteiger partial charge in [0.05, 0.1) is 23.5 Å². The fraction of sp³-hybridized carbons (Fsp3) is 0.0833. The molecule has 0 spiro atoms. The van der Waals surface area contributed by atoms with Crippen LogP contribution in [0.15, 0.2) is 67.3 Å². The lowest BCUT2D eigenvalue weighted by Gasteiger charge is -2.18. The third kappa shape index (κ3) is 4.96. The summed E-state index contributed by atoms with van der Waals surface area (Å²) >= 11 is 6.23. The number of carbonyl (C=O) groups excluding carboxylic acids is 1. The molecule has 0 aliphatic carbocycles. The first kappa shape index (κ1) is 24.2. The van der Waals surface area contributed by atoms with Gasteiger partial charge in [0.2, 0.25) is 0 Å². The summed E-state index contributed by atoms with van der Waals surface area (Å²) in [6.45, 7) is 0.0240. The number of aromatic amines is 1. The topological polar surface area (TPSA) is 135 Å². The van der Waals surface area contributed by atoms with Crippen LogP contribution in [0.3, 0.4) is 0 Å². The van der Waals surface area contributed by atoms with Crippen molar-refractivity contribution in [2.24, 2.45) is 0 Å². The number of nitriles is 1. The Morgan fingerprint density at radius 3 is 2.94 bits per heavy atom. The Balaban J connectivity index is 1.83. The summed E-state index contributed by atoms with van der Waals surface area (Å²) in [5.74, 6) is -0.550. The number of allylic oxidation sites excluding steroid dienone is 1. The molecule has 35 heavy (non-hydrogen) atoms. The highest BCUT2D eigenvalue weighted by atomic mass is 35.5. The lowest BCUT2D eigenvalue weighted by Crippen LogP contribution is -2.32. The smallest absolute Gasteiger partial charge is 0.289 e. The van der Waals surface area contributed by atoms with Gasteiger partial charge in [-0.2, -0.15) is 5.26 Å². The van der Waals surface area contributed by atoms with E-state index in [4.69, 9.17) is 21.4 Å². The van der Waals surface area contributed by atoms with Gasteiger partial charge in [-0.15, -0.1) is 0 Å². The molecule has 2 N–H and O–H groups in total. The number of hydrogen-bond donors (Lipinski definition) is 2. The molecule has 2 aromatic heterocycles. The van der Waals surface area contributed by atoms with E-state index >= 15 is 0 Å². The van der Waals surface area contributed by atoms with Crippen LogP contribution in [0.4, 0.5) is 0 Å². The summed E-state index contributed by atoms with van der Waals surface area (Å²) in [5.41, 5.74) is 1.73. The molecule has 4 rings (SSSR count). The van der Waals surface area contributed by atoms with E-state index < -0.39 is 13.3 Å². The molecule has 11 heteroatoms. The Labute approximate surface area is 205 Å². The number of aromatic nitrogens is 3. The molecule has 0 bridgehead atoms. The fourth-order valence-corrected chi connectivity index (χ4v) is 6.06. The lowest BCUT2D eigenvalue weighted by molar-refractivity contribution is -0.609. The van der Waals surface area contributed by atoms with Gasteiger partial charge in [-0.05, 0) is 42.0 Å². The Bertz CT molecular complexity index is 1540. The van der Waals surface area contributed by atoms with E-state index in [1.807, 2.05) is 6.07 Å². The minimum Gasteiger partial charge on any atom is -0.711 e. The zero-order valence-corrected chi connectivity index (χ0v) is 20.1. The maximum atomic E-state index is 14.4. The standard InChI is InChI=1S/C24H19ClN5O4P/c1-34-35(33,19-6-2-4-16(10-19)5-3-9-26)23-20-11-18(25)7-8-21(20)29-22(23)24(31)28-13-17-12-27-15-30(32)14-17/h2-8,10-12,14-15,29H,13H2,1H3,(H,28,31). The van der Waals surface area contributed by atoms with E-state index in [9.17, 15) is 14.6 Å². The maximum Gasteiger partial charge on any atom is 0.289 e. The highest BCUT2D eigenvalue weighted by molar-refractivity contribution is 7.75. The first-order valence-corrected chi connectivity index (χ1v) is 12.3. The predicted molar refractivity (Wildman–Crippen MR) is 133 cm³/mol. The van der Waals surface area contributed by atoms with E-state index in [2.05, 4.69) is 15.3 Å². The van der Waals surface area contributed by atoms with E-state index in [1.54, 1.807) is 48.5 Å². The van der Waals surface area contributed by atoms with Crippen molar-refractivity contribution in [3.05, 3.63) is 94.3 Å². The van der Waals surface area contributed by atoms with Crippen LogP contribution in [0.5, 0.6) is 0 Å². The monoisotopic (exact) mass is 507 g/mol. The molecule has 0 aliphatic rings. The van der Waals surface area contributed by atoms with Gasteiger partial charge in [0.15, 0.2) is 0 Å². The third-order valence-corrected chi connectivity index (χ3v) is 8.00. The molecule has 0 saturated heterocycles. The first-order chi connectivity index (χ1) is 16.9. The van der Waals surface area contributed by atoms with Gasteiger partial charge < -0.3 is 20.0 Å². The summed E-state index contributed by atoms with van der Waals surface area (Å²) in [4.78, 5) is 20.1. The maximum absolute atomic E-state index is 14.4. The number of hydrogen-bond acceptors (Lipinski definition) is 6.